The van der Waals surface area contributed by atoms with E-state index in [1.807, 2.05) is 25.3 Å². The molecule has 2 aromatic rings. The van der Waals surface area contributed by atoms with E-state index in [0.29, 0.717) is 29.3 Å². The van der Waals surface area contributed by atoms with Crippen LogP contribution in [0.1, 0.15) is 53.7 Å². The number of nitrogens with zero attached hydrogens (tertiary/aromatic N) is 4. The quantitative estimate of drug-likeness (QED) is 0.668. The van der Waals surface area contributed by atoms with Crippen LogP contribution >= 0.6 is 6.72 Å². The third kappa shape index (κ3) is 5.06. The van der Waals surface area contributed by atoms with Crippen molar-refractivity contribution in [2.75, 3.05) is 5.73 Å². The van der Waals surface area contributed by atoms with Crippen molar-refractivity contribution in [2.24, 2.45) is 5.92 Å². The second kappa shape index (κ2) is 7.93. The summed E-state index contributed by atoms with van der Waals surface area (Å²) >= 11 is 5.24. The lowest BCUT2D eigenvalue weighted by Crippen LogP contribution is -2.27. The molecule has 11 heteroatoms. The predicted octanol–water partition coefficient (Wildman–Crippen LogP) is 3.16. The first-order valence-corrected chi connectivity index (χ1v) is 11.8. The maximum Gasteiger partial charge on any atom is 0.325 e. The lowest BCUT2D eigenvalue weighted by atomic mass is 10.0. The number of anilines is 1. The van der Waals surface area contributed by atoms with Gasteiger partial charge in [0, 0.05) is 6.42 Å². The zero-order valence-corrected chi connectivity index (χ0v) is 18.5. The minimum absolute atomic E-state index is 0.236. The fraction of sp³-hybridized carbons (Fsp3) is 0.706. The van der Waals surface area contributed by atoms with Crippen molar-refractivity contribution < 1.29 is 18.7 Å². The molecule has 0 aliphatic carbocycles. The highest BCUT2D eigenvalue weighted by Gasteiger charge is 2.41. The van der Waals surface area contributed by atoms with Gasteiger partial charge in [-0.3, -0.25) is 4.57 Å². The molecule has 4 atom stereocenters. The van der Waals surface area contributed by atoms with Crippen LogP contribution in [-0.2, 0) is 25.6 Å². The van der Waals surface area contributed by atoms with Crippen LogP contribution in [0.2, 0.25) is 0 Å². The summed E-state index contributed by atoms with van der Waals surface area (Å²) in [6.07, 6.45) is 3.28. The Labute approximate surface area is 169 Å². The van der Waals surface area contributed by atoms with Crippen LogP contribution in [0, 0.1) is 5.92 Å². The van der Waals surface area contributed by atoms with Gasteiger partial charge in [-0.15, -0.1) is 0 Å². The van der Waals surface area contributed by atoms with E-state index in [1.165, 1.54) is 6.33 Å². The van der Waals surface area contributed by atoms with Crippen molar-refractivity contribution in [1.82, 2.24) is 19.5 Å². The summed E-state index contributed by atoms with van der Waals surface area (Å²) in [7, 11) is 0. The van der Waals surface area contributed by atoms with Gasteiger partial charge in [-0.25, -0.2) is 15.0 Å². The highest BCUT2D eigenvalue weighted by atomic mass is 32.5. The second-order valence-corrected chi connectivity index (χ2v) is 11.1. The van der Waals surface area contributed by atoms with Gasteiger partial charge in [0.25, 0.3) is 0 Å². The molecule has 0 bridgehead atoms. The molecule has 156 valence electrons. The molecular weight excluding hydrogens is 401 g/mol. The first kappa shape index (κ1) is 21.5. The molecule has 0 aromatic carbocycles. The van der Waals surface area contributed by atoms with E-state index in [0.717, 1.165) is 6.42 Å². The Balaban J connectivity index is 1.84. The Morgan fingerprint density at radius 2 is 2.11 bits per heavy atom. The number of rotatable bonds is 6. The van der Waals surface area contributed by atoms with E-state index in [-0.39, 0.29) is 12.3 Å². The summed E-state index contributed by atoms with van der Waals surface area (Å²) in [6, 6.07) is 0. The molecule has 3 rings (SSSR count). The standard InChI is InChI=1S/C17H28N5O4PS/c1-10(2)6-11-12(25-27(23,28)26-17(3,4)5)7-13(24-11)22-9-21-14-15(18)19-8-20-16(14)22/h8-13H,6-7H2,1-5H3,(H,23,28)(H2,18,19,20)/t11-,12?,13-,27?/m1/s1. The molecule has 1 aliphatic rings. The summed E-state index contributed by atoms with van der Waals surface area (Å²) in [4.78, 5) is 23.1. The molecule has 0 saturated carbocycles. The molecule has 0 radical (unpaired) electrons. The van der Waals surface area contributed by atoms with E-state index in [4.69, 9.17) is 31.3 Å². The maximum atomic E-state index is 10.6. The minimum Gasteiger partial charge on any atom is -0.382 e. The maximum absolute atomic E-state index is 10.6. The Morgan fingerprint density at radius 3 is 2.75 bits per heavy atom. The summed E-state index contributed by atoms with van der Waals surface area (Å²) < 4.78 is 19.6. The smallest absolute Gasteiger partial charge is 0.325 e. The molecule has 3 N–H and O–H groups in total. The Hall–Kier alpha value is -1.16. The van der Waals surface area contributed by atoms with Crippen molar-refractivity contribution >= 4 is 35.5 Å². The van der Waals surface area contributed by atoms with Crippen molar-refractivity contribution in [3.63, 3.8) is 0 Å². The minimum atomic E-state index is -3.42. The van der Waals surface area contributed by atoms with Crippen LogP contribution in [0.3, 0.4) is 0 Å². The van der Waals surface area contributed by atoms with Crippen LogP contribution in [0.25, 0.3) is 11.2 Å². The molecule has 3 heterocycles. The van der Waals surface area contributed by atoms with Crippen molar-refractivity contribution in [3.8, 4) is 0 Å². The molecule has 2 aromatic heterocycles. The molecule has 9 nitrogen and oxygen atoms in total. The number of aromatic nitrogens is 4. The summed E-state index contributed by atoms with van der Waals surface area (Å²) in [5, 5.41) is 0. The summed E-state index contributed by atoms with van der Waals surface area (Å²) in [5.41, 5.74) is 6.39. The third-order valence-corrected chi connectivity index (χ3v) is 6.04. The second-order valence-electron chi connectivity index (χ2n) is 8.39. The molecule has 2 unspecified atom stereocenters. The monoisotopic (exact) mass is 429 g/mol. The number of nitrogens with two attached hydrogens (primary N) is 1. The van der Waals surface area contributed by atoms with Gasteiger partial charge in [-0.05, 0) is 44.9 Å². The van der Waals surface area contributed by atoms with Gasteiger partial charge in [0.1, 0.15) is 18.1 Å². The molecule has 1 aliphatic heterocycles. The average molecular weight is 429 g/mol. The normalized spacial score (nSPS) is 25.5. The third-order valence-electron chi connectivity index (χ3n) is 4.24. The zero-order valence-electron chi connectivity index (χ0n) is 16.8. The highest BCUT2D eigenvalue weighted by molar-refractivity contribution is 8.07. The lowest BCUT2D eigenvalue weighted by molar-refractivity contribution is -0.0276. The fourth-order valence-corrected chi connectivity index (χ4v) is 5.58. The average Bonchev–Trinajstić information content (AvgIpc) is 3.09. The Kier molecular flexibility index (Phi) is 6.10. The molecule has 0 amide bonds. The first-order valence-electron chi connectivity index (χ1n) is 9.25. The number of hydrogen-bond acceptors (Lipinski definition) is 8. The number of nitrogen functional groups attached to an aromatic ring is 1. The van der Waals surface area contributed by atoms with Crippen molar-refractivity contribution in [2.45, 2.75) is 71.5 Å². The highest BCUT2D eigenvalue weighted by Crippen LogP contribution is 2.52. The summed E-state index contributed by atoms with van der Waals surface area (Å²) in [6.45, 7) is 6.28. The Morgan fingerprint density at radius 1 is 1.39 bits per heavy atom. The zero-order chi connectivity index (χ0) is 20.7. The first-order chi connectivity index (χ1) is 13.0. The summed E-state index contributed by atoms with van der Waals surface area (Å²) in [5.74, 6) is 0.699. The van der Waals surface area contributed by atoms with Gasteiger partial charge in [0.2, 0.25) is 0 Å². The van der Waals surface area contributed by atoms with Crippen LogP contribution in [0.15, 0.2) is 12.7 Å². The van der Waals surface area contributed by atoms with Gasteiger partial charge in [0.05, 0.1) is 24.1 Å². The van der Waals surface area contributed by atoms with Gasteiger partial charge < -0.3 is 24.4 Å². The molecule has 0 spiro atoms. The number of fused-ring (bicyclic) bond motifs is 1. The van der Waals surface area contributed by atoms with E-state index in [2.05, 4.69) is 28.8 Å². The van der Waals surface area contributed by atoms with Crippen molar-refractivity contribution in [1.29, 1.82) is 0 Å². The molecular formula is C17H28N5O4PS. The lowest BCUT2D eigenvalue weighted by Gasteiger charge is -2.29. The van der Waals surface area contributed by atoms with Crippen LogP contribution in [0.5, 0.6) is 0 Å². The topological polar surface area (TPSA) is 118 Å². The largest absolute Gasteiger partial charge is 0.382 e. The van der Waals surface area contributed by atoms with E-state index in [1.54, 1.807) is 6.33 Å². The van der Waals surface area contributed by atoms with Gasteiger partial charge in [-0.1, -0.05) is 13.8 Å². The Bertz CT molecular complexity index is 884. The van der Waals surface area contributed by atoms with E-state index < -0.39 is 18.4 Å². The SMILES string of the molecule is CC(C)C[C@H]1O[C@@H](n2cnc3c(N)ncnc32)CC1OP(O)(=S)OC(C)(C)C. The van der Waals surface area contributed by atoms with Crippen LogP contribution < -0.4 is 5.73 Å². The van der Waals surface area contributed by atoms with Gasteiger partial charge >= 0.3 is 6.72 Å². The van der Waals surface area contributed by atoms with Crippen molar-refractivity contribution in [3.05, 3.63) is 12.7 Å². The molecule has 28 heavy (non-hydrogen) atoms. The van der Waals surface area contributed by atoms with E-state index >= 15 is 0 Å². The van der Waals surface area contributed by atoms with Crippen LogP contribution in [-0.4, -0.2) is 42.2 Å². The predicted molar refractivity (Wildman–Crippen MR) is 110 cm³/mol. The van der Waals surface area contributed by atoms with Crippen LogP contribution in [0.4, 0.5) is 5.82 Å². The number of hydrogen-bond donors (Lipinski definition) is 2. The number of imidazole rings is 1. The molecule has 1 fully saturated rings. The fourth-order valence-electron chi connectivity index (χ4n) is 3.28. The number of ether oxygens (including phenoxy) is 1. The van der Waals surface area contributed by atoms with Gasteiger partial charge in [-0.2, -0.15) is 0 Å². The molecule has 1 saturated heterocycles. The van der Waals surface area contributed by atoms with E-state index in [9.17, 15) is 4.89 Å². The van der Waals surface area contributed by atoms with Gasteiger partial charge in [0.15, 0.2) is 11.5 Å².